The molecule has 9 heteroatoms. The van der Waals surface area contributed by atoms with E-state index in [1.165, 1.54) is 19.5 Å². The number of nitrogens with zero attached hydrogens (tertiary/aromatic N) is 4. The molecule has 1 aromatic carbocycles. The van der Waals surface area contributed by atoms with Gasteiger partial charge in [-0.25, -0.2) is 9.97 Å². The summed E-state index contributed by atoms with van der Waals surface area (Å²) in [5.74, 6) is 0.791. The van der Waals surface area contributed by atoms with Crippen LogP contribution in [0.3, 0.4) is 0 Å². The lowest BCUT2D eigenvalue weighted by molar-refractivity contribution is 0.282. The Kier molecular flexibility index (Phi) is 5.52. The Hall–Kier alpha value is -2.87. The molecule has 0 aliphatic rings. The van der Waals surface area contributed by atoms with Gasteiger partial charge in [0.15, 0.2) is 17.3 Å². The van der Waals surface area contributed by atoms with Crippen LogP contribution in [-0.4, -0.2) is 28.3 Å². The van der Waals surface area contributed by atoms with Gasteiger partial charge in [-0.05, 0) is 18.6 Å². The van der Waals surface area contributed by atoms with Crippen molar-refractivity contribution in [2.45, 2.75) is 13.0 Å². The van der Waals surface area contributed by atoms with Gasteiger partial charge < -0.3 is 14.0 Å². The molecule has 0 spiro atoms. The Morgan fingerprint density at radius 2 is 2.12 bits per heavy atom. The van der Waals surface area contributed by atoms with Gasteiger partial charge in [0, 0.05) is 36.7 Å². The molecule has 2 aromatic heterocycles. The van der Waals surface area contributed by atoms with E-state index in [0.29, 0.717) is 42.0 Å². The minimum atomic E-state index is -0.0957. The van der Waals surface area contributed by atoms with E-state index in [1.807, 2.05) is 0 Å². The second-order valence-electron chi connectivity index (χ2n) is 5.38. The first kappa shape index (κ1) is 17.9. The number of aromatic nitrogens is 3. The van der Waals surface area contributed by atoms with E-state index in [4.69, 9.17) is 21.3 Å². The zero-order valence-corrected chi connectivity index (χ0v) is 14.7. The molecule has 26 heavy (non-hydrogen) atoms. The molecule has 3 rings (SSSR count). The topological polar surface area (TPSA) is 69.5 Å². The van der Waals surface area contributed by atoms with Crippen LogP contribution in [0.2, 0.25) is 0 Å². The maximum absolute atomic E-state index is 13.4. The zero-order valence-electron chi connectivity index (χ0n) is 13.9. The summed E-state index contributed by atoms with van der Waals surface area (Å²) in [5.41, 5.74) is 0.408. The first-order chi connectivity index (χ1) is 12.6. The van der Waals surface area contributed by atoms with Crippen molar-refractivity contribution in [3.05, 3.63) is 53.2 Å². The van der Waals surface area contributed by atoms with Crippen molar-refractivity contribution in [2.24, 2.45) is 0 Å². The lowest BCUT2D eigenvalue weighted by Crippen LogP contribution is -2.18. The summed E-state index contributed by atoms with van der Waals surface area (Å²) in [7, 11) is 1.48. The van der Waals surface area contributed by atoms with Gasteiger partial charge in [0.25, 0.3) is 0 Å². The van der Waals surface area contributed by atoms with E-state index >= 15 is 0 Å². The van der Waals surface area contributed by atoms with Gasteiger partial charge in [-0.2, -0.15) is 0 Å². The second-order valence-corrected chi connectivity index (χ2v) is 5.68. The smallest absolute Gasteiger partial charge is 0.250 e. The number of aryl methyl sites for hydroxylation is 1. The third-order valence-corrected chi connectivity index (χ3v) is 3.92. The van der Waals surface area contributed by atoms with Gasteiger partial charge in [-0.1, -0.05) is 15.2 Å². The number of benzene rings is 1. The Bertz CT molecular complexity index is 964. The number of halogens is 2. The fourth-order valence-electron chi connectivity index (χ4n) is 2.52. The summed E-state index contributed by atoms with van der Waals surface area (Å²) < 4.78 is 25.9. The first-order valence-electron chi connectivity index (χ1n) is 7.83. The monoisotopic (exact) mass is 378 g/mol. The van der Waals surface area contributed by atoms with Gasteiger partial charge in [-0.15, -0.1) is 0 Å². The van der Waals surface area contributed by atoms with Crippen LogP contribution in [0.5, 0.6) is 11.5 Å². The first-order valence-corrected chi connectivity index (χ1v) is 8.16. The van der Waals surface area contributed by atoms with Crippen molar-refractivity contribution < 1.29 is 14.0 Å². The fourth-order valence-corrected chi connectivity index (χ4v) is 2.65. The van der Waals surface area contributed by atoms with E-state index in [2.05, 4.69) is 9.97 Å². The molecule has 0 saturated carbocycles. The fraction of sp³-hybridized carbons (Fsp3) is 0.235. The maximum atomic E-state index is 13.4. The van der Waals surface area contributed by atoms with E-state index < -0.39 is 0 Å². The average molecular weight is 379 g/mol. The van der Waals surface area contributed by atoms with E-state index in [0.717, 1.165) is 0 Å². The van der Waals surface area contributed by atoms with Crippen LogP contribution in [-0.2, 0) is 6.54 Å². The van der Waals surface area contributed by atoms with Crippen molar-refractivity contribution in [3.8, 4) is 11.5 Å². The summed E-state index contributed by atoms with van der Waals surface area (Å²) in [4.78, 5) is 19.6. The molecule has 0 radical (unpaired) electrons. The van der Waals surface area contributed by atoms with Gasteiger partial charge in [0.2, 0.25) is 5.56 Å². The number of pyridine rings is 1. The number of methoxy groups -OCH3 is 1. The van der Waals surface area contributed by atoms with Gasteiger partial charge >= 0.3 is 0 Å². The number of hydrogen-bond donors (Lipinski definition) is 0. The lowest BCUT2D eigenvalue weighted by atomic mass is 10.2. The molecule has 0 unspecified atom stereocenters. The van der Waals surface area contributed by atoms with Crippen LogP contribution in [0.15, 0.2) is 47.7 Å². The third-order valence-electron chi connectivity index (χ3n) is 3.76. The summed E-state index contributed by atoms with van der Waals surface area (Å²) in [6.45, 7) is 0.900. The standard InChI is InChI=1S/C17H16ClFN4O3/c1-25-14-9-12-13(20-11-21-17(12)23(18)19)10-15(14)26-8-4-7-22-6-3-2-5-16(22)24/h2-3,5-6,9-11H,4,7-8H2,1H3. The maximum Gasteiger partial charge on any atom is 0.250 e. The summed E-state index contributed by atoms with van der Waals surface area (Å²) in [6.07, 6.45) is 3.57. The number of fused-ring (bicyclic) bond motifs is 1. The minimum Gasteiger partial charge on any atom is -0.493 e. The molecule has 136 valence electrons. The van der Waals surface area contributed by atoms with Crippen molar-refractivity contribution in [1.82, 2.24) is 14.5 Å². The van der Waals surface area contributed by atoms with Crippen LogP contribution in [0.1, 0.15) is 6.42 Å². The van der Waals surface area contributed by atoms with Crippen LogP contribution in [0.4, 0.5) is 10.3 Å². The van der Waals surface area contributed by atoms with Crippen LogP contribution in [0, 0.1) is 0 Å². The predicted octanol–water partition coefficient (Wildman–Crippen LogP) is 3.11. The highest BCUT2D eigenvalue weighted by Gasteiger charge is 2.14. The molecular weight excluding hydrogens is 363 g/mol. The molecular formula is C17H16ClFN4O3. The Morgan fingerprint density at radius 3 is 2.85 bits per heavy atom. The summed E-state index contributed by atoms with van der Waals surface area (Å²) >= 11 is 5.37. The molecule has 0 aliphatic carbocycles. The third kappa shape index (κ3) is 3.85. The highest BCUT2D eigenvalue weighted by molar-refractivity contribution is 6.25. The number of hydrogen-bond acceptors (Lipinski definition) is 6. The summed E-state index contributed by atoms with van der Waals surface area (Å²) in [5, 5.41) is 0.394. The normalized spacial score (nSPS) is 10.7. The van der Waals surface area contributed by atoms with Gasteiger partial charge in [-0.3, -0.25) is 4.79 Å². The lowest BCUT2D eigenvalue weighted by Gasteiger charge is -2.13. The van der Waals surface area contributed by atoms with Crippen LogP contribution >= 0.6 is 11.8 Å². The van der Waals surface area contributed by atoms with Crippen LogP contribution < -0.4 is 19.7 Å². The van der Waals surface area contributed by atoms with E-state index in [9.17, 15) is 9.28 Å². The van der Waals surface area contributed by atoms with Crippen LogP contribution in [0.25, 0.3) is 10.9 Å². The average Bonchev–Trinajstić information content (AvgIpc) is 2.65. The molecule has 0 fully saturated rings. The Morgan fingerprint density at radius 1 is 1.27 bits per heavy atom. The molecule has 0 saturated heterocycles. The SMILES string of the molecule is COc1cc2c(N(F)Cl)ncnc2cc1OCCCn1ccccc1=O. The van der Waals surface area contributed by atoms with Crippen molar-refractivity contribution >= 4 is 28.5 Å². The molecule has 0 atom stereocenters. The number of anilines is 1. The predicted molar refractivity (Wildman–Crippen MR) is 96.3 cm³/mol. The molecule has 0 amide bonds. The van der Waals surface area contributed by atoms with Gasteiger partial charge in [0.1, 0.15) is 6.33 Å². The summed E-state index contributed by atoms with van der Waals surface area (Å²) in [6, 6.07) is 8.21. The highest BCUT2D eigenvalue weighted by atomic mass is 35.5. The Labute approximate surface area is 153 Å². The zero-order chi connectivity index (χ0) is 18.5. The quantitative estimate of drug-likeness (QED) is 0.465. The highest BCUT2D eigenvalue weighted by Crippen LogP contribution is 2.35. The molecule has 3 aromatic rings. The molecule has 0 N–H and O–H groups in total. The number of rotatable bonds is 7. The molecule has 7 nitrogen and oxygen atoms in total. The second kappa shape index (κ2) is 8.01. The molecule has 0 bridgehead atoms. The van der Waals surface area contributed by atoms with E-state index in [-0.39, 0.29) is 16.0 Å². The van der Waals surface area contributed by atoms with Gasteiger partial charge in [0.05, 0.1) is 24.6 Å². The van der Waals surface area contributed by atoms with E-state index in [1.54, 1.807) is 35.0 Å². The van der Waals surface area contributed by atoms with Crippen molar-refractivity contribution in [2.75, 3.05) is 18.4 Å². The largest absolute Gasteiger partial charge is 0.493 e. The molecule has 2 heterocycles. The molecule has 0 aliphatic heterocycles. The van der Waals surface area contributed by atoms with Crippen molar-refractivity contribution in [1.29, 1.82) is 0 Å². The Balaban J connectivity index is 1.75. The van der Waals surface area contributed by atoms with Crippen molar-refractivity contribution in [3.63, 3.8) is 0 Å². The number of ether oxygens (including phenoxy) is 2. The minimum absolute atomic E-state index is 0.0585.